The molecule has 0 saturated carbocycles. The molecule has 0 aromatic heterocycles. The molecule has 6 heteroatoms. The van der Waals surface area contributed by atoms with E-state index in [0.29, 0.717) is 5.56 Å². The van der Waals surface area contributed by atoms with Gasteiger partial charge < -0.3 is 10.1 Å². The molecule has 2 rings (SSSR count). The second-order valence-electron chi connectivity index (χ2n) is 4.80. The molecule has 4 nitrogen and oxygen atoms in total. The molecule has 0 fully saturated rings. The fourth-order valence-corrected chi connectivity index (χ4v) is 2.04. The predicted molar refractivity (Wildman–Crippen MR) is 86.1 cm³/mol. The van der Waals surface area contributed by atoms with Gasteiger partial charge in [-0.1, -0.05) is 30.7 Å². The van der Waals surface area contributed by atoms with Crippen molar-refractivity contribution in [2.24, 2.45) is 0 Å². The molecule has 23 heavy (non-hydrogen) atoms. The van der Waals surface area contributed by atoms with Crippen LogP contribution in [0.5, 0.6) is 0 Å². The second kappa shape index (κ2) is 7.74. The summed E-state index contributed by atoms with van der Waals surface area (Å²) in [6, 6.07) is 10.7. The zero-order valence-corrected chi connectivity index (χ0v) is 13.2. The molecule has 1 N–H and O–H groups in total. The van der Waals surface area contributed by atoms with Crippen molar-refractivity contribution in [2.45, 2.75) is 13.3 Å². The Morgan fingerprint density at radius 2 is 1.87 bits per heavy atom. The highest BCUT2D eigenvalue weighted by atomic mass is 35.5. The predicted octanol–water partition coefficient (Wildman–Crippen LogP) is 3.84. The Labute approximate surface area is 138 Å². The number of hydrogen-bond donors (Lipinski definition) is 1. The summed E-state index contributed by atoms with van der Waals surface area (Å²) in [7, 11) is 0. The van der Waals surface area contributed by atoms with Gasteiger partial charge in [0.15, 0.2) is 6.61 Å². The molecule has 120 valence electrons. The summed E-state index contributed by atoms with van der Waals surface area (Å²) in [6.45, 7) is 1.49. The Morgan fingerprint density at radius 1 is 1.17 bits per heavy atom. The van der Waals surface area contributed by atoms with Crippen LogP contribution < -0.4 is 5.32 Å². The number of ether oxygens (including phenoxy) is 1. The third-order valence-electron chi connectivity index (χ3n) is 3.13. The molecule has 0 unspecified atom stereocenters. The second-order valence-corrected chi connectivity index (χ2v) is 5.24. The van der Waals surface area contributed by atoms with E-state index in [0.717, 1.165) is 18.1 Å². The molecule has 0 bridgehead atoms. The standard InChI is InChI=1S/C17H15ClFNO3/c1-2-11-3-5-12(6-4-11)17(22)23-10-16(21)20-15-9-13(18)7-8-14(15)19/h3-9H,2,10H2,1H3,(H,20,21). The maximum atomic E-state index is 13.5. The van der Waals surface area contributed by atoms with Gasteiger partial charge in [0.25, 0.3) is 5.91 Å². The van der Waals surface area contributed by atoms with Crippen molar-refractivity contribution >= 4 is 29.2 Å². The average Bonchev–Trinajstić information content (AvgIpc) is 2.56. The lowest BCUT2D eigenvalue weighted by atomic mass is 10.1. The van der Waals surface area contributed by atoms with E-state index in [1.165, 1.54) is 12.1 Å². The Morgan fingerprint density at radius 3 is 2.52 bits per heavy atom. The van der Waals surface area contributed by atoms with Crippen molar-refractivity contribution in [3.8, 4) is 0 Å². The first kappa shape index (κ1) is 17.0. The average molecular weight is 336 g/mol. The molecule has 1 amide bonds. The highest BCUT2D eigenvalue weighted by Gasteiger charge is 2.12. The van der Waals surface area contributed by atoms with Gasteiger partial charge in [-0.3, -0.25) is 4.79 Å². The van der Waals surface area contributed by atoms with Crippen LogP contribution in [0.2, 0.25) is 5.02 Å². The van der Waals surface area contributed by atoms with Gasteiger partial charge >= 0.3 is 5.97 Å². The summed E-state index contributed by atoms with van der Waals surface area (Å²) in [5.41, 5.74) is 1.38. The minimum atomic E-state index is -0.648. The van der Waals surface area contributed by atoms with Crippen molar-refractivity contribution in [2.75, 3.05) is 11.9 Å². The minimum absolute atomic E-state index is 0.0640. The Balaban J connectivity index is 1.90. The van der Waals surface area contributed by atoms with Gasteiger partial charge in [-0.05, 0) is 42.3 Å². The fourth-order valence-electron chi connectivity index (χ4n) is 1.87. The normalized spacial score (nSPS) is 10.2. The number of halogens is 2. The highest BCUT2D eigenvalue weighted by Crippen LogP contribution is 2.19. The van der Waals surface area contributed by atoms with E-state index in [-0.39, 0.29) is 10.7 Å². The van der Waals surface area contributed by atoms with Crippen LogP contribution in [0, 0.1) is 5.82 Å². The number of aryl methyl sites for hydroxylation is 1. The first-order valence-corrected chi connectivity index (χ1v) is 7.38. The Bertz CT molecular complexity index is 716. The molecule has 2 aromatic rings. The van der Waals surface area contributed by atoms with Crippen LogP contribution in [0.1, 0.15) is 22.8 Å². The van der Waals surface area contributed by atoms with E-state index >= 15 is 0 Å². The third-order valence-corrected chi connectivity index (χ3v) is 3.37. The smallest absolute Gasteiger partial charge is 0.338 e. The summed E-state index contributed by atoms with van der Waals surface area (Å²) < 4.78 is 18.4. The van der Waals surface area contributed by atoms with Crippen molar-refractivity contribution in [1.82, 2.24) is 0 Å². The molecule has 0 atom stereocenters. The van der Waals surface area contributed by atoms with Crippen molar-refractivity contribution < 1.29 is 18.7 Å². The van der Waals surface area contributed by atoms with Crippen LogP contribution in [0.3, 0.4) is 0 Å². The van der Waals surface area contributed by atoms with E-state index in [9.17, 15) is 14.0 Å². The number of anilines is 1. The van der Waals surface area contributed by atoms with Crippen molar-refractivity contribution in [1.29, 1.82) is 0 Å². The fraction of sp³-hybridized carbons (Fsp3) is 0.176. The number of nitrogens with one attached hydrogen (secondary N) is 1. The van der Waals surface area contributed by atoms with Gasteiger partial charge in [-0.15, -0.1) is 0 Å². The molecular weight excluding hydrogens is 321 g/mol. The van der Waals surface area contributed by atoms with E-state index in [2.05, 4.69) is 5.32 Å². The van der Waals surface area contributed by atoms with Crippen LogP contribution in [0.4, 0.5) is 10.1 Å². The van der Waals surface area contributed by atoms with Crippen LogP contribution in [-0.2, 0) is 16.0 Å². The van der Waals surface area contributed by atoms with Gasteiger partial charge in [0.05, 0.1) is 11.3 Å². The number of carbonyl (C=O) groups excluding carboxylic acids is 2. The summed E-state index contributed by atoms with van der Waals surface area (Å²) in [6.07, 6.45) is 0.864. The summed E-state index contributed by atoms with van der Waals surface area (Å²) >= 11 is 5.73. The molecular formula is C17H15ClFNO3. The number of carbonyl (C=O) groups is 2. The van der Waals surface area contributed by atoms with Crippen LogP contribution in [0.15, 0.2) is 42.5 Å². The number of amides is 1. The zero-order valence-electron chi connectivity index (χ0n) is 12.4. The highest BCUT2D eigenvalue weighted by molar-refractivity contribution is 6.30. The van der Waals surface area contributed by atoms with E-state index in [1.807, 2.05) is 19.1 Å². The topological polar surface area (TPSA) is 55.4 Å². The van der Waals surface area contributed by atoms with Crippen molar-refractivity contribution in [3.63, 3.8) is 0 Å². The number of hydrogen-bond acceptors (Lipinski definition) is 3. The van der Waals surface area contributed by atoms with Gasteiger partial charge in [0.1, 0.15) is 5.82 Å². The molecule has 0 spiro atoms. The Kier molecular flexibility index (Phi) is 5.71. The van der Waals surface area contributed by atoms with Crippen molar-refractivity contribution in [3.05, 3.63) is 64.4 Å². The van der Waals surface area contributed by atoms with Gasteiger partial charge in [-0.25, -0.2) is 9.18 Å². The van der Waals surface area contributed by atoms with Gasteiger partial charge in [-0.2, -0.15) is 0 Å². The van der Waals surface area contributed by atoms with Crippen LogP contribution >= 0.6 is 11.6 Å². The van der Waals surface area contributed by atoms with E-state index in [1.54, 1.807) is 12.1 Å². The molecule has 0 heterocycles. The summed E-state index contributed by atoms with van der Waals surface area (Å²) in [5, 5.41) is 2.59. The number of rotatable bonds is 5. The number of benzene rings is 2. The maximum Gasteiger partial charge on any atom is 0.338 e. The zero-order chi connectivity index (χ0) is 16.8. The molecule has 2 aromatic carbocycles. The quantitative estimate of drug-likeness (QED) is 0.845. The third kappa shape index (κ3) is 4.79. The lowest BCUT2D eigenvalue weighted by molar-refractivity contribution is -0.119. The van der Waals surface area contributed by atoms with E-state index in [4.69, 9.17) is 16.3 Å². The number of esters is 1. The largest absolute Gasteiger partial charge is 0.452 e. The lowest BCUT2D eigenvalue weighted by Crippen LogP contribution is -2.21. The Hall–Kier alpha value is -2.40. The molecule has 0 aliphatic carbocycles. The maximum absolute atomic E-state index is 13.5. The van der Waals surface area contributed by atoms with Crippen LogP contribution in [0.25, 0.3) is 0 Å². The van der Waals surface area contributed by atoms with Crippen LogP contribution in [-0.4, -0.2) is 18.5 Å². The van der Waals surface area contributed by atoms with E-state index < -0.39 is 24.3 Å². The molecule has 0 aliphatic rings. The summed E-state index contributed by atoms with van der Waals surface area (Å²) in [4.78, 5) is 23.5. The molecule has 0 aliphatic heterocycles. The minimum Gasteiger partial charge on any atom is -0.452 e. The molecule has 0 radical (unpaired) electrons. The SMILES string of the molecule is CCc1ccc(C(=O)OCC(=O)Nc2cc(Cl)ccc2F)cc1. The van der Waals surface area contributed by atoms with Gasteiger partial charge in [0, 0.05) is 5.02 Å². The van der Waals surface area contributed by atoms with Gasteiger partial charge in [0.2, 0.25) is 0 Å². The first-order valence-electron chi connectivity index (χ1n) is 7.00. The summed E-state index contributed by atoms with van der Waals surface area (Å²) in [5.74, 6) is -1.89. The lowest BCUT2D eigenvalue weighted by Gasteiger charge is -2.08. The monoisotopic (exact) mass is 335 g/mol. The first-order chi connectivity index (χ1) is 11.0. The molecule has 0 saturated heterocycles.